The first-order valence-electron chi connectivity index (χ1n) is 4.76. The normalized spacial score (nSPS) is 14.3. The van der Waals surface area contributed by atoms with Crippen LogP contribution < -0.4 is 5.32 Å². The van der Waals surface area contributed by atoms with E-state index in [4.69, 9.17) is 5.11 Å². The van der Waals surface area contributed by atoms with Crippen molar-refractivity contribution in [3.05, 3.63) is 11.6 Å². The average Bonchev–Trinajstić information content (AvgIpc) is 2.13. The van der Waals surface area contributed by atoms with Gasteiger partial charge in [-0.3, -0.25) is 4.79 Å². The van der Waals surface area contributed by atoms with Crippen molar-refractivity contribution in [2.45, 2.75) is 26.3 Å². The van der Waals surface area contributed by atoms with Crippen LogP contribution in [0, 0.1) is 0 Å². The van der Waals surface area contributed by atoms with Crippen LogP contribution in [0.25, 0.3) is 0 Å². The highest BCUT2D eigenvalue weighted by molar-refractivity contribution is 5.92. The van der Waals surface area contributed by atoms with Crippen molar-refractivity contribution >= 4 is 5.91 Å². The smallest absolute Gasteiger partial charge is 0.248 e. The highest BCUT2D eigenvalue weighted by Crippen LogP contribution is 2.04. The van der Waals surface area contributed by atoms with Gasteiger partial charge in [-0.2, -0.15) is 0 Å². The number of likely N-dealkylation sites (N-methyl/N-ethyl adjacent to an activating group) is 1. The maximum Gasteiger partial charge on any atom is 0.248 e. The van der Waals surface area contributed by atoms with Crippen LogP contribution in [0.4, 0.5) is 0 Å². The number of carbonyl (C=O) groups excluding carboxylic acids is 1. The number of amides is 1. The third-order valence-electron chi connectivity index (χ3n) is 2.12. The van der Waals surface area contributed by atoms with Gasteiger partial charge in [0.05, 0.1) is 0 Å². The third-order valence-corrected chi connectivity index (χ3v) is 2.12. The number of nitrogens with one attached hydrogen (secondary N) is 1. The second-order valence-electron chi connectivity index (χ2n) is 3.45. The van der Waals surface area contributed by atoms with Crippen LogP contribution in [0.1, 0.15) is 20.3 Å². The summed E-state index contributed by atoms with van der Waals surface area (Å²) in [5.74, 6) is -0.215. The molecule has 0 aromatic heterocycles. The van der Waals surface area contributed by atoms with Gasteiger partial charge >= 0.3 is 0 Å². The lowest BCUT2D eigenvalue weighted by Gasteiger charge is -2.19. The molecular weight excluding hydrogens is 180 g/mol. The summed E-state index contributed by atoms with van der Waals surface area (Å²) in [5.41, 5.74) is 0.639. The zero-order valence-corrected chi connectivity index (χ0v) is 9.37. The van der Waals surface area contributed by atoms with Gasteiger partial charge in [0, 0.05) is 11.6 Å². The second kappa shape index (κ2) is 6.56. The first-order valence-corrected chi connectivity index (χ1v) is 4.76. The van der Waals surface area contributed by atoms with Gasteiger partial charge in [-0.05, 0) is 27.4 Å². The minimum atomic E-state index is -0.317. The molecule has 0 heterocycles. The standard InChI is InChI=1S/C10H20N2O2/c1-5-9(12(3)4)6-8(2)10(14)11-7-13/h6,9,13H,5,7H2,1-4H3,(H,11,14)/b8-6+. The van der Waals surface area contributed by atoms with E-state index in [0.29, 0.717) is 5.57 Å². The number of hydrogen-bond donors (Lipinski definition) is 2. The molecule has 0 radical (unpaired) electrons. The van der Waals surface area contributed by atoms with Crippen LogP contribution in [0.5, 0.6) is 0 Å². The number of nitrogens with zero attached hydrogens (tertiary/aromatic N) is 1. The van der Waals surface area contributed by atoms with E-state index in [2.05, 4.69) is 17.1 Å². The molecule has 0 saturated heterocycles. The largest absolute Gasteiger partial charge is 0.376 e. The number of carbonyl (C=O) groups is 1. The summed E-state index contributed by atoms with van der Waals surface area (Å²) < 4.78 is 0. The van der Waals surface area contributed by atoms with E-state index >= 15 is 0 Å². The molecule has 0 fully saturated rings. The topological polar surface area (TPSA) is 52.6 Å². The Balaban J connectivity index is 4.39. The van der Waals surface area contributed by atoms with E-state index in [1.54, 1.807) is 6.92 Å². The van der Waals surface area contributed by atoms with Crippen LogP contribution in [0.15, 0.2) is 11.6 Å². The summed E-state index contributed by atoms with van der Waals surface area (Å²) in [6.45, 7) is 3.50. The Morgan fingerprint density at radius 1 is 1.57 bits per heavy atom. The monoisotopic (exact) mass is 200 g/mol. The van der Waals surface area contributed by atoms with Crippen LogP contribution in [0.3, 0.4) is 0 Å². The van der Waals surface area contributed by atoms with Crippen LogP contribution >= 0.6 is 0 Å². The van der Waals surface area contributed by atoms with Crippen molar-refractivity contribution in [2.24, 2.45) is 0 Å². The Bertz CT molecular complexity index is 212. The van der Waals surface area contributed by atoms with Gasteiger partial charge in [0.1, 0.15) is 6.73 Å². The highest BCUT2D eigenvalue weighted by Gasteiger charge is 2.08. The summed E-state index contributed by atoms with van der Waals surface area (Å²) in [4.78, 5) is 13.3. The minimum Gasteiger partial charge on any atom is -0.376 e. The lowest BCUT2D eigenvalue weighted by atomic mass is 10.1. The van der Waals surface area contributed by atoms with E-state index < -0.39 is 0 Å². The Hall–Kier alpha value is -0.870. The minimum absolute atomic E-state index is 0.215. The fraction of sp³-hybridized carbons (Fsp3) is 0.700. The van der Waals surface area contributed by atoms with Crippen molar-refractivity contribution in [1.29, 1.82) is 0 Å². The third kappa shape index (κ3) is 4.39. The molecule has 0 aromatic carbocycles. The SMILES string of the molecule is CCC(/C=C(\C)C(=O)NCO)N(C)C. The summed E-state index contributed by atoms with van der Waals surface area (Å²) >= 11 is 0. The average molecular weight is 200 g/mol. The number of hydrogen-bond acceptors (Lipinski definition) is 3. The molecular formula is C10H20N2O2. The van der Waals surface area contributed by atoms with E-state index in [0.717, 1.165) is 6.42 Å². The molecule has 14 heavy (non-hydrogen) atoms. The molecule has 1 unspecified atom stereocenters. The Morgan fingerprint density at radius 2 is 2.14 bits per heavy atom. The number of aliphatic hydroxyl groups is 1. The summed E-state index contributed by atoms with van der Waals surface area (Å²) in [5, 5.41) is 10.9. The lowest BCUT2D eigenvalue weighted by Crippen LogP contribution is -2.29. The fourth-order valence-corrected chi connectivity index (χ4v) is 1.21. The van der Waals surface area contributed by atoms with Crippen LogP contribution in [-0.2, 0) is 4.79 Å². The maximum absolute atomic E-state index is 11.3. The molecule has 1 amide bonds. The molecule has 4 heteroatoms. The molecule has 2 N–H and O–H groups in total. The first kappa shape index (κ1) is 13.1. The Labute approximate surface area is 85.6 Å². The van der Waals surface area contributed by atoms with E-state index in [1.807, 2.05) is 20.2 Å². The van der Waals surface area contributed by atoms with Crippen molar-refractivity contribution in [2.75, 3.05) is 20.8 Å². The molecule has 4 nitrogen and oxygen atoms in total. The zero-order chi connectivity index (χ0) is 11.1. The molecule has 0 spiro atoms. The maximum atomic E-state index is 11.3. The fourth-order valence-electron chi connectivity index (χ4n) is 1.21. The predicted octanol–water partition coefficient (Wildman–Crippen LogP) is 0.339. The molecule has 0 aliphatic rings. The summed E-state index contributed by atoms with van der Waals surface area (Å²) in [6, 6.07) is 0.263. The van der Waals surface area contributed by atoms with Gasteiger partial charge in [0.2, 0.25) is 5.91 Å². The highest BCUT2D eigenvalue weighted by atomic mass is 16.3. The molecule has 82 valence electrons. The zero-order valence-electron chi connectivity index (χ0n) is 9.37. The summed E-state index contributed by atoms with van der Waals surface area (Å²) in [7, 11) is 3.95. The number of rotatable bonds is 5. The van der Waals surface area contributed by atoms with Crippen molar-refractivity contribution in [1.82, 2.24) is 10.2 Å². The molecule has 0 bridgehead atoms. The van der Waals surface area contributed by atoms with Gasteiger partial charge in [-0.1, -0.05) is 13.0 Å². The van der Waals surface area contributed by atoms with Gasteiger partial charge in [-0.15, -0.1) is 0 Å². The van der Waals surface area contributed by atoms with Gasteiger partial charge in [0.15, 0.2) is 0 Å². The molecule has 0 aliphatic heterocycles. The van der Waals surface area contributed by atoms with Crippen molar-refractivity contribution in [3.8, 4) is 0 Å². The summed E-state index contributed by atoms with van der Waals surface area (Å²) in [6.07, 6.45) is 2.86. The predicted molar refractivity (Wildman–Crippen MR) is 56.8 cm³/mol. The van der Waals surface area contributed by atoms with Crippen LogP contribution in [-0.4, -0.2) is 42.8 Å². The van der Waals surface area contributed by atoms with Crippen molar-refractivity contribution < 1.29 is 9.90 Å². The van der Waals surface area contributed by atoms with Gasteiger partial charge in [0.25, 0.3) is 0 Å². The molecule has 0 saturated carbocycles. The molecule has 0 rings (SSSR count). The number of aliphatic hydroxyl groups excluding tert-OH is 1. The molecule has 1 atom stereocenters. The molecule has 0 aromatic rings. The van der Waals surface area contributed by atoms with Crippen LogP contribution in [0.2, 0.25) is 0 Å². The lowest BCUT2D eigenvalue weighted by molar-refractivity contribution is -0.118. The van der Waals surface area contributed by atoms with E-state index in [-0.39, 0.29) is 18.7 Å². The Morgan fingerprint density at radius 3 is 2.50 bits per heavy atom. The van der Waals surface area contributed by atoms with E-state index in [9.17, 15) is 4.79 Å². The van der Waals surface area contributed by atoms with Crippen molar-refractivity contribution in [3.63, 3.8) is 0 Å². The molecule has 0 aliphatic carbocycles. The van der Waals surface area contributed by atoms with Gasteiger partial charge in [-0.25, -0.2) is 0 Å². The first-order chi connectivity index (χ1) is 6.52. The van der Waals surface area contributed by atoms with E-state index in [1.165, 1.54) is 0 Å². The van der Waals surface area contributed by atoms with Gasteiger partial charge < -0.3 is 15.3 Å². The quantitative estimate of drug-likeness (QED) is 0.497. The Kier molecular flexibility index (Phi) is 6.16. The second-order valence-corrected chi connectivity index (χ2v) is 3.45.